The molecule has 2 aromatic rings. The number of imide groups is 1. The monoisotopic (exact) mass is 338 g/mol. The molecule has 1 saturated heterocycles. The maximum absolute atomic E-state index is 12.5. The van der Waals surface area contributed by atoms with E-state index in [4.69, 9.17) is 4.74 Å². The smallest absolute Gasteiger partial charge is 0.325 e. The summed E-state index contributed by atoms with van der Waals surface area (Å²) in [6, 6.07) is 15.3. The summed E-state index contributed by atoms with van der Waals surface area (Å²) >= 11 is 0. The van der Waals surface area contributed by atoms with Crippen molar-refractivity contribution < 1.29 is 19.1 Å². The molecule has 0 bridgehead atoms. The molecule has 1 heterocycles. The van der Waals surface area contributed by atoms with Crippen molar-refractivity contribution in [3.63, 3.8) is 0 Å². The summed E-state index contributed by atoms with van der Waals surface area (Å²) in [7, 11) is 0. The van der Waals surface area contributed by atoms with Gasteiger partial charge in [-0.2, -0.15) is 0 Å². The average Bonchev–Trinajstić information content (AvgIpc) is 2.84. The lowest BCUT2D eigenvalue weighted by atomic mass is 10.1. The summed E-state index contributed by atoms with van der Waals surface area (Å²) in [5.74, 6) is -0.209. The van der Waals surface area contributed by atoms with Gasteiger partial charge in [-0.3, -0.25) is 14.5 Å². The Morgan fingerprint density at radius 1 is 1.04 bits per heavy atom. The van der Waals surface area contributed by atoms with Crippen LogP contribution in [0, 0.1) is 0 Å². The van der Waals surface area contributed by atoms with E-state index in [-0.39, 0.29) is 12.5 Å². The molecule has 3 rings (SSSR count). The van der Waals surface area contributed by atoms with Crippen molar-refractivity contribution in [2.45, 2.75) is 25.9 Å². The molecule has 0 aliphatic carbocycles. The van der Waals surface area contributed by atoms with Gasteiger partial charge in [0.1, 0.15) is 11.8 Å². The number of ether oxygens (including phenoxy) is 1. The van der Waals surface area contributed by atoms with E-state index in [0.717, 1.165) is 11.1 Å². The number of nitrogens with zero attached hydrogens (tertiary/aromatic N) is 1. The van der Waals surface area contributed by atoms with Gasteiger partial charge in [0.05, 0.1) is 6.54 Å². The number of rotatable bonds is 5. The minimum absolute atomic E-state index is 0.177. The Bertz CT molecular complexity index is 787. The zero-order valence-electron chi connectivity index (χ0n) is 13.8. The van der Waals surface area contributed by atoms with Crippen LogP contribution in [0.15, 0.2) is 54.6 Å². The van der Waals surface area contributed by atoms with Gasteiger partial charge in [0.25, 0.3) is 5.91 Å². The van der Waals surface area contributed by atoms with Gasteiger partial charge < -0.3 is 10.1 Å². The Balaban J connectivity index is 1.65. The fourth-order valence-electron chi connectivity index (χ4n) is 2.73. The topological polar surface area (TPSA) is 75.7 Å². The van der Waals surface area contributed by atoms with Crippen LogP contribution in [-0.4, -0.2) is 28.8 Å². The summed E-state index contributed by atoms with van der Waals surface area (Å²) in [6.45, 7) is 1.50. The molecule has 1 fully saturated rings. The molecule has 1 N–H and O–H groups in total. The zero-order chi connectivity index (χ0) is 17.8. The lowest BCUT2D eigenvalue weighted by molar-refractivity contribution is -0.132. The summed E-state index contributed by atoms with van der Waals surface area (Å²) in [5, 5.41) is 2.73. The van der Waals surface area contributed by atoms with Crippen molar-refractivity contribution in [3.8, 4) is 5.75 Å². The van der Waals surface area contributed by atoms with Crippen LogP contribution >= 0.6 is 0 Å². The molecule has 0 unspecified atom stereocenters. The zero-order valence-corrected chi connectivity index (χ0v) is 13.8. The van der Waals surface area contributed by atoms with Gasteiger partial charge in [-0.25, -0.2) is 4.79 Å². The van der Waals surface area contributed by atoms with Crippen LogP contribution in [-0.2, 0) is 22.6 Å². The molecule has 6 heteroatoms. The van der Waals surface area contributed by atoms with Crippen LogP contribution in [0.1, 0.15) is 18.1 Å². The first-order chi connectivity index (χ1) is 12.0. The number of benzene rings is 2. The second kappa shape index (κ2) is 7.17. The van der Waals surface area contributed by atoms with E-state index >= 15 is 0 Å². The van der Waals surface area contributed by atoms with Crippen LogP contribution < -0.4 is 10.1 Å². The molecular formula is C19H18N2O4. The van der Waals surface area contributed by atoms with E-state index < -0.39 is 18.0 Å². The van der Waals surface area contributed by atoms with Gasteiger partial charge in [0.15, 0.2) is 0 Å². The third-order valence-corrected chi connectivity index (χ3v) is 3.92. The van der Waals surface area contributed by atoms with Crippen LogP contribution in [0.2, 0.25) is 0 Å². The van der Waals surface area contributed by atoms with E-state index in [1.165, 1.54) is 11.8 Å². The van der Waals surface area contributed by atoms with Crippen molar-refractivity contribution in [1.29, 1.82) is 0 Å². The molecule has 0 aromatic heterocycles. The number of urea groups is 1. The molecule has 2 aromatic carbocycles. The molecule has 128 valence electrons. The second-order valence-electron chi connectivity index (χ2n) is 5.85. The number of carbonyl (C=O) groups excluding carboxylic acids is 3. The summed E-state index contributed by atoms with van der Waals surface area (Å²) in [5.41, 5.74) is 1.77. The molecule has 25 heavy (non-hydrogen) atoms. The Kier molecular flexibility index (Phi) is 4.79. The number of carbonyl (C=O) groups is 3. The van der Waals surface area contributed by atoms with Gasteiger partial charge in [0.2, 0.25) is 0 Å². The largest absolute Gasteiger partial charge is 0.427 e. The molecule has 0 saturated carbocycles. The fourth-order valence-corrected chi connectivity index (χ4v) is 2.73. The highest BCUT2D eigenvalue weighted by Gasteiger charge is 2.37. The number of hydrogen-bond acceptors (Lipinski definition) is 4. The highest BCUT2D eigenvalue weighted by atomic mass is 16.5. The quantitative estimate of drug-likeness (QED) is 0.515. The van der Waals surface area contributed by atoms with Gasteiger partial charge in [-0.15, -0.1) is 0 Å². The lowest BCUT2D eigenvalue weighted by Crippen LogP contribution is -2.32. The minimum Gasteiger partial charge on any atom is -0.427 e. The first kappa shape index (κ1) is 16.7. The summed E-state index contributed by atoms with van der Waals surface area (Å²) in [4.78, 5) is 36.8. The molecule has 1 aliphatic rings. The van der Waals surface area contributed by atoms with Gasteiger partial charge in [0, 0.05) is 13.3 Å². The van der Waals surface area contributed by atoms with E-state index in [1.54, 1.807) is 24.3 Å². The number of amides is 3. The van der Waals surface area contributed by atoms with Gasteiger partial charge >= 0.3 is 12.0 Å². The van der Waals surface area contributed by atoms with Gasteiger partial charge in [-0.1, -0.05) is 42.5 Å². The molecule has 6 nitrogen and oxygen atoms in total. The highest BCUT2D eigenvalue weighted by molar-refractivity contribution is 6.04. The predicted molar refractivity (Wildman–Crippen MR) is 90.8 cm³/mol. The maximum Gasteiger partial charge on any atom is 0.325 e. The van der Waals surface area contributed by atoms with E-state index in [1.807, 2.05) is 30.3 Å². The predicted octanol–water partition coefficient (Wildman–Crippen LogP) is 2.28. The van der Waals surface area contributed by atoms with Crippen molar-refractivity contribution in [3.05, 3.63) is 65.7 Å². The standard InChI is InChI=1S/C19H18N2O4/c1-13(22)25-16-9-7-15(8-10-16)12-21-18(23)17(20-19(21)24)11-14-5-3-2-4-6-14/h2-10,17H,11-12H2,1H3,(H,20,24)/t17-/m0/s1. The molecule has 3 amide bonds. The Labute approximate surface area is 145 Å². The van der Waals surface area contributed by atoms with Crippen molar-refractivity contribution in [1.82, 2.24) is 10.2 Å². The second-order valence-corrected chi connectivity index (χ2v) is 5.85. The van der Waals surface area contributed by atoms with Crippen molar-refractivity contribution in [2.75, 3.05) is 0 Å². The number of nitrogens with one attached hydrogen (secondary N) is 1. The van der Waals surface area contributed by atoms with Gasteiger partial charge in [-0.05, 0) is 23.3 Å². The molecule has 1 atom stereocenters. The maximum atomic E-state index is 12.5. The first-order valence-electron chi connectivity index (χ1n) is 7.96. The third-order valence-electron chi connectivity index (χ3n) is 3.92. The average molecular weight is 338 g/mol. The Morgan fingerprint density at radius 2 is 1.72 bits per heavy atom. The van der Waals surface area contributed by atoms with Crippen molar-refractivity contribution in [2.24, 2.45) is 0 Å². The summed E-state index contributed by atoms with van der Waals surface area (Å²) < 4.78 is 4.97. The van der Waals surface area contributed by atoms with Crippen LogP contribution in [0.4, 0.5) is 4.79 Å². The highest BCUT2D eigenvalue weighted by Crippen LogP contribution is 2.18. The third kappa shape index (κ3) is 4.03. The molecule has 1 aliphatic heterocycles. The van der Waals surface area contributed by atoms with E-state index in [0.29, 0.717) is 12.2 Å². The molecular weight excluding hydrogens is 320 g/mol. The summed E-state index contributed by atoms with van der Waals surface area (Å²) in [6.07, 6.45) is 0.466. The fraction of sp³-hybridized carbons (Fsp3) is 0.211. The Hall–Kier alpha value is -3.15. The number of esters is 1. The van der Waals surface area contributed by atoms with Crippen LogP contribution in [0.25, 0.3) is 0 Å². The van der Waals surface area contributed by atoms with E-state index in [2.05, 4.69) is 5.32 Å². The lowest BCUT2D eigenvalue weighted by Gasteiger charge is -2.13. The minimum atomic E-state index is -0.546. The first-order valence-corrected chi connectivity index (χ1v) is 7.96. The normalized spacial score (nSPS) is 16.7. The Morgan fingerprint density at radius 3 is 2.36 bits per heavy atom. The SMILES string of the molecule is CC(=O)Oc1ccc(CN2C(=O)N[C@@H](Cc3ccccc3)C2=O)cc1. The molecule has 0 spiro atoms. The van der Waals surface area contributed by atoms with Crippen LogP contribution in [0.3, 0.4) is 0 Å². The van der Waals surface area contributed by atoms with Crippen LogP contribution in [0.5, 0.6) is 5.75 Å². The van der Waals surface area contributed by atoms with E-state index in [9.17, 15) is 14.4 Å². The van der Waals surface area contributed by atoms with Crippen molar-refractivity contribution >= 4 is 17.9 Å². The number of hydrogen-bond donors (Lipinski definition) is 1. The molecule has 0 radical (unpaired) electrons.